The number of benzene rings is 1. The minimum absolute atomic E-state index is 0.0313. The number of carbonyl (C=O) groups is 1. The molecule has 1 aromatic rings. The monoisotopic (exact) mass is 327 g/mol. The summed E-state index contributed by atoms with van der Waals surface area (Å²) in [7, 11) is -2.21. The summed E-state index contributed by atoms with van der Waals surface area (Å²) in [4.78, 5) is 10.7. The molecule has 6 heteroatoms. The second kappa shape index (κ2) is 8.90. The van der Waals surface area contributed by atoms with E-state index < -0.39 is 16.0 Å². The Labute approximate surface area is 133 Å². The van der Waals surface area contributed by atoms with Crippen molar-refractivity contribution in [3.05, 3.63) is 29.8 Å². The van der Waals surface area contributed by atoms with Crippen LogP contribution in [0.25, 0.3) is 0 Å². The van der Waals surface area contributed by atoms with E-state index in [1.165, 1.54) is 26.3 Å². The van der Waals surface area contributed by atoms with Crippen LogP contribution in [0.15, 0.2) is 29.2 Å². The Kier molecular flexibility index (Phi) is 7.55. The average Bonchev–Trinajstić information content (AvgIpc) is 2.49. The lowest BCUT2D eigenvalue weighted by Crippen LogP contribution is -2.29. The summed E-state index contributed by atoms with van der Waals surface area (Å²) < 4.78 is 25.7. The highest BCUT2D eigenvalue weighted by molar-refractivity contribution is 7.89. The highest BCUT2D eigenvalue weighted by Crippen LogP contribution is 2.17. The first-order chi connectivity index (χ1) is 10.4. The highest BCUT2D eigenvalue weighted by Gasteiger charge is 2.20. The third kappa shape index (κ3) is 5.77. The van der Waals surface area contributed by atoms with E-state index in [0.717, 1.165) is 22.7 Å². The fourth-order valence-corrected chi connectivity index (χ4v) is 3.31. The summed E-state index contributed by atoms with van der Waals surface area (Å²) in [5, 5.41) is 8.63. The lowest BCUT2D eigenvalue weighted by atomic mass is 10.1. The first-order valence-electron chi connectivity index (χ1n) is 7.65. The standard InChI is InChI=1S/C16H25NO4S/c1-3-4-5-6-7-14-8-10-15(11-9-14)22(20,21)17(2)13-12-16(18)19/h8-11H,3-7,12-13H2,1-2H3,(H,18,19). The molecule has 0 aliphatic heterocycles. The van der Waals surface area contributed by atoms with Crippen molar-refractivity contribution in [3.63, 3.8) is 0 Å². The van der Waals surface area contributed by atoms with E-state index in [9.17, 15) is 13.2 Å². The van der Waals surface area contributed by atoms with Gasteiger partial charge in [-0.25, -0.2) is 12.7 Å². The molecular formula is C16H25NO4S. The molecule has 0 fully saturated rings. The van der Waals surface area contributed by atoms with E-state index in [-0.39, 0.29) is 17.9 Å². The number of carboxylic acid groups (broad SMARTS) is 1. The van der Waals surface area contributed by atoms with Crippen molar-refractivity contribution in [2.24, 2.45) is 0 Å². The van der Waals surface area contributed by atoms with Gasteiger partial charge in [0.25, 0.3) is 0 Å². The summed E-state index contributed by atoms with van der Waals surface area (Å²) in [6.07, 6.45) is 5.47. The van der Waals surface area contributed by atoms with Gasteiger partial charge in [0, 0.05) is 13.6 Å². The van der Waals surface area contributed by atoms with E-state index in [0.29, 0.717) is 0 Å². The Bertz CT molecular complexity index is 566. The summed E-state index contributed by atoms with van der Waals surface area (Å²) in [5.74, 6) is -1.01. The van der Waals surface area contributed by atoms with Crippen molar-refractivity contribution in [2.45, 2.75) is 50.3 Å². The van der Waals surface area contributed by atoms with Crippen LogP contribution in [-0.4, -0.2) is 37.4 Å². The predicted molar refractivity (Wildman–Crippen MR) is 86.4 cm³/mol. The molecule has 22 heavy (non-hydrogen) atoms. The largest absolute Gasteiger partial charge is 0.481 e. The predicted octanol–water partition coefficient (Wildman–Crippen LogP) is 2.90. The van der Waals surface area contributed by atoms with Crippen LogP contribution in [0.5, 0.6) is 0 Å². The Balaban J connectivity index is 2.65. The van der Waals surface area contributed by atoms with Gasteiger partial charge in [-0.05, 0) is 30.5 Å². The molecule has 0 bridgehead atoms. The first kappa shape index (κ1) is 18.6. The van der Waals surface area contributed by atoms with Gasteiger partial charge in [-0.2, -0.15) is 0 Å². The Hall–Kier alpha value is -1.40. The Morgan fingerprint density at radius 2 is 1.77 bits per heavy atom. The van der Waals surface area contributed by atoms with E-state index in [4.69, 9.17) is 5.11 Å². The van der Waals surface area contributed by atoms with Gasteiger partial charge < -0.3 is 5.11 Å². The summed E-state index contributed by atoms with van der Waals surface area (Å²) in [5.41, 5.74) is 1.13. The molecule has 0 saturated heterocycles. The fourth-order valence-electron chi connectivity index (χ4n) is 2.14. The van der Waals surface area contributed by atoms with Gasteiger partial charge in [0.15, 0.2) is 0 Å². The molecule has 1 rings (SSSR count). The molecule has 0 amide bonds. The van der Waals surface area contributed by atoms with Crippen molar-refractivity contribution < 1.29 is 18.3 Å². The number of unbranched alkanes of at least 4 members (excludes halogenated alkanes) is 3. The maximum absolute atomic E-state index is 12.3. The minimum Gasteiger partial charge on any atom is -0.481 e. The van der Waals surface area contributed by atoms with Crippen LogP contribution in [0.4, 0.5) is 0 Å². The smallest absolute Gasteiger partial charge is 0.304 e. The van der Waals surface area contributed by atoms with Crippen LogP contribution < -0.4 is 0 Å². The minimum atomic E-state index is -3.61. The van der Waals surface area contributed by atoms with E-state index in [1.54, 1.807) is 12.1 Å². The lowest BCUT2D eigenvalue weighted by molar-refractivity contribution is -0.137. The number of carboxylic acids is 1. The summed E-state index contributed by atoms with van der Waals surface area (Å²) >= 11 is 0. The topological polar surface area (TPSA) is 74.7 Å². The van der Waals surface area contributed by atoms with Crippen LogP contribution in [-0.2, 0) is 21.2 Å². The molecule has 0 unspecified atom stereocenters. The number of hydrogen-bond acceptors (Lipinski definition) is 3. The Morgan fingerprint density at radius 3 is 2.32 bits per heavy atom. The number of nitrogens with zero attached hydrogens (tertiary/aromatic N) is 1. The van der Waals surface area contributed by atoms with Crippen LogP contribution in [0.3, 0.4) is 0 Å². The van der Waals surface area contributed by atoms with E-state index in [1.807, 2.05) is 12.1 Å². The highest BCUT2D eigenvalue weighted by atomic mass is 32.2. The van der Waals surface area contributed by atoms with Crippen LogP contribution in [0.2, 0.25) is 0 Å². The number of aryl methyl sites for hydroxylation is 1. The van der Waals surface area contributed by atoms with Gasteiger partial charge in [-0.15, -0.1) is 0 Å². The fraction of sp³-hybridized carbons (Fsp3) is 0.562. The maximum Gasteiger partial charge on any atom is 0.304 e. The third-order valence-electron chi connectivity index (χ3n) is 3.59. The number of rotatable bonds is 10. The second-order valence-corrected chi connectivity index (χ2v) is 7.47. The molecule has 5 nitrogen and oxygen atoms in total. The van der Waals surface area contributed by atoms with Crippen molar-refractivity contribution in [3.8, 4) is 0 Å². The zero-order valence-electron chi connectivity index (χ0n) is 13.3. The van der Waals surface area contributed by atoms with Gasteiger partial charge in [0.2, 0.25) is 10.0 Å². The molecule has 1 N–H and O–H groups in total. The van der Waals surface area contributed by atoms with Crippen LogP contribution in [0, 0.1) is 0 Å². The molecule has 0 saturated carbocycles. The summed E-state index contributed by atoms with van der Waals surface area (Å²) in [6.45, 7) is 2.14. The SMILES string of the molecule is CCCCCCc1ccc(S(=O)(=O)N(C)CCC(=O)O)cc1. The molecule has 1 aromatic carbocycles. The maximum atomic E-state index is 12.3. The molecule has 0 aliphatic carbocycles. The average molecular weight is 327 g/mol. The molecule has 0 aliphatic rings. The van der Waals surface area contributed by atoms with Crippen molar-refractivity contribution in [1.82, 2.24) is 4.31 Å². The summed E-state index contributed by atoms with van der Waals surface area (Å²) in [6, 6.07) is 6.87. The number of sulfonamides is 1. The van der Waals surface area contributed by atoms with Crippen molar-refractivity contribution in [1.29, 1.82) is 0 Å². The molecule has 0 aromatic heterocycles. The zero-order valence-corrected chi connectivity index (χ0v) is 14.1. The molecule has 0 atom stereocenters. The van der Waals surface area contributed by atoms with Gasteiger partial charge in [0.1, 0.15) is 0 Å². The second-order valence-electron chi connectivity index (χ2n) is 5.42. The number of aliphatic carboxylic acids is 1. The first-order valence-corrected chi connectivity index (χ1v) is 9.09. The Morgan fingerprint density at radius 1 is 1.14 bits per heavy atom. The van der Waals surface area contributed by atoms with Gasteiger partial charge in [-0.3, -0.25) is 4.79 Å². The van der Waals surface area contributed by atoms with Gasteiger partial charge in [0.05, 0.1) is 11.3 Å². The molecular weight excluding hydrogens is 302 g/mol. The van der Waals surface area contributed by atoms with Crippen molar-refractivity contribution in [2.75, 3.05) is 13.6 Å². The van der Waals surface area contributed by atoms with Crippen molar-refractivity contribution >= 4 is 16.0 Å². The van der Waals surface area contributed by atoms with Gasteiger partial charge >= 0.3 is 5.97 Å². The third-order valence-corrected chi connectivity index (χ3v) is 5.46. The molecule has 0 heterocycles. The van der Waals surface area contributed by atoms with Crippen LogP contribution in [0.1, 0.15) is 44.6 Å². The quantitative estimate of drug-likeness (QED) is 0.671. The molecule has 0 radical (unpaired) electrons. The van der Waals surface area contributed by atoms with E-state index >= 15 is 0 Å². The van der Waals surface area contributed by atoms with Gasteiger partial charge in [-0.1, -0.05) is 38.3 Å². The van der Waals surface area contributed by atoms with Crippen LogP contribution >= 0.6 is 0 Å². The number of hydrogen-bond donors (Lipinski definition) is 1. The molecule has 0 spiro atoms. The zero-order chi connectivity index (χ0) is 16.6. The molecule has 124 valence electrons. The van der Waals surface area contributed by atoms with E-state index in [2.05, 4.69) is 6.92 Å². The normalized spacial score (nSPS) is 11.8. The lowest BCUT2D eigenvalue weighted by Gasteiger charge is -2.16.